The van der Waals surface area contributed by atoms with Crippen LogP contribution in [0, 0.1) is 0 Å². The summed E-state index contributed by atoms with van der Waals surface area (Å²) in [4.78, 5) is 0. The van der Waals surface area contributed by atoms with Gasteiger partial charge >= 0.3 is 0 Å². The number of hydrogen-bond acceptors (Lipinski definition) is 3. The summed E-state index contributed by atoms with van der Waals surface area (Å²) in [6.07, 6.45) is 1.08. The van der Waals surface area contributed by atoms with Crippen molar-refractivity contribution in [3.05, 3.63) is 88.0 Å². The van der Waals surface area contributed by atoms with Gasteiger partial charge < -0.3 is 15.3 Å². The highest BCUT2D eigenvalue weighted by atomic mass is 16.3. The summed E-state index contributed by atoms with van der Waals surface area (Å²) >= 11 is 0. The van der Waals surface area contributed by atoms with Crippen molar-refractivity contribution in [1.82, 2.24) is 0 Å². The van der Waals surface area contributed by atoms with E-state index < -0.39 is 0 Å². The van der Waals surface area contributed by atoms with Crippen molar-refractivity contribution >= 4 is 0 Å². The van der Waals surface area contributed by atoms with Crippen LogP contribution in [0.15, 0.2) is 54.6 Å². The molecule has 0 aromatic heterocycles. The second-order valence-electron chi connectivity index (χ2n) is 13.2. The molecule has 3 heteroatoms. The van der Waals surface area contributed by atoms with Crippen LogP contribution >= 0.6 is 0 Å². The van der Waals surface area contributed by atoms with Crippen LogP contribution in [-0.4, -0.2) is 15.3 Å². The molecule has 3 nitrogen and oxygen atoms in total. The van der Waals surface area contributed by atoms with E-state index in [2.05, 4.69) is 62.3 Å². The maximum Gasteiger partial charge on any atom is 0.122 e. The summed E-state index contributed by atoms with van der Waals surface area (Å²) < 4.78 is 0. The van der Waals surface area contributed by atoms with Gasteiger partial charge in [0.25, 0.3) is 0 Å². The third kappa shape index (κ3) is 5.88. The number of aromatic hydroxyl groups is 3. The molecule has 0 aliphatic rings. The summed E-state index contributed by atoms with van der Waals surface area (Å²) in [5.41, 5.74) is 4.64. The van der Waals surface area contributed by atoms with E-state index in [1.54, 1.807) is 0 Å². The molecule has 0 aliphatic carbocycles. The predicted octanol–water partition coefficient (Wildman–Crippen LogP) is 8.26. The minimum atomic E-state index is -0.215. The number of phenols is 3. The zero-order chi connectivity index (χ0) is 27.1. The third-order valence-electron chi connectivity index (χ3n) is 7.10. The van der Waals surface area contributed by atoms with Gasteiger partial charge in [-0.1, -0.05) is 117 Å². The average molecular weight is 489 g/mol. The molecule has 0 unspecified atom stereocenters. The predicted molar refractivity (Wildman–Crippen MR) is 151 cm³/mol. The van der Waals surface area contributed by atoms with Crippen LogP contribution in [0.1, 0.15) is 102 Å². The van der Waals surface area contributed by atoms with Gasteiger partial charge in [-0.3, -0.25) is 0 Å². The molecule has 3 aromatic rings. The molecule has 0 bridgehead atoms. The molecule has 194 valence electrons. The van der Waals surface area contributed by atoms with E-state index in [9.17, 15) is 15.3 Å². The highest BCUT2D eigenvalue weighted by Crippen LogP contribution is 2.43. The molecule has 3 aromatic carbocycles. The lowest BCUT2D eigenvalue weighted by molar-refractivity contribution is 0.421. The van der Waals surface area contributed by atoms with E-state index in [0.717, 1.165) is 33.4 Å². The Labute approximate surface area is 217 Å². The van der Waals surface area contributed by atoms with Gasteiger partial charge in [0.2, 0.25) is 0 Å². The van der Waals surface area contributed by atoms with Crippen LogP contribution < -0.4 is 0 Å². The minimum absolute atomic E-state index is 0.144. The average Bonchev–Trinajstić information content (AvgIpc) is 2.73. The fourth-order valence-electron chi connectivity index (χ4n) is 5.04. The first-order valence-electron chi connectivity index (χ1n) is 13.0. The van der Waals surface area contributed by atoms with Crippen molar-refractivity contribution in [3.63, 3.8) is 0 Å². The lowest BCUT2D eigenvalue weighted by atomic mass is 9.78. The van der Waals surface area contributed by atoms with Gasteiger partial charge in [0.05, 0.1) is 0 Å². The molecule has 0 saturated heterocycles. The molecule has 0 saturated carbocycles. The van der Waals surface area contributed by atoms with Crippen LogP contribution in [0.4, 0.5) is 0 Å². The SMILES string of the molecule is CC(C)(C)c1cccc(CC(Cc2cccc(C(C)(C)C)c2O)c2cccc(C(C)(C)C)c2O)c1O. The van der Waals surface area contributed by atoms with E-state index in [4.69, 9.17) is 0 Å². The Hall–Kier alpha value is -2.94. The molecule has 0 fully saturated rings. The molecular formula is C33H44O3. The summed E-state index contributed by atoms with van der Waals surface area (Å²) in [6, 6.07) is 17.8. The van der Waals surface area contributed by atoms with Gasteiger partial charge in [-0.05, 0) is 68.4 Å². The molecule has 0 radical (unpaired) electrons. The first-order valence-corrected chi connectivity index (χ1v) is 13.0. The fourth-order valence-corrected chi connectivity index (χ4v) is 5.04. The molecule has 0 heterocycles. The van der Waals surface area contributed by atoms with Crippen LogP contribution in [-0.2, 0) is 29.1 Å². The molecule has 0 aliphatic heterocycles. The Balaban J connectivity index is 2.16. The smallest absolute Gasteiger partial charge is 0.122 e. The van der Waals surface area contributed by atoms with E-state index in [-0.39, 0.29) is 22.2 Å². The lowest BCUT2D eigenvalue weighted by Crippen LogP contribution is -2.16. The zero-order valence-electron chi connectivity index (χ0n) is 23.5. The summed E-state index contributed by atoms with van der Waals surface area (Å²) in [7, 11) is 0. The van der Waals surface area contributed by atoms with Gasteiger partial charge in [0, 0.05) is 0 Å². The number of benzene rings is 3. The maximum atomic E-state index is 11.4. The van der Waals surface area contributed by atoms with Crippen LogP contribution in [0.3, 0.4) is 0 Å². The highest BCUT2D eigenvalue weighted by Gasteiger charge is 2.28. The zero-order valence-corrected chi connectivity index (χ0v) is 23.5. The molecule has 3 rings (SSSR count). The second kappa shape index (κ2) is 9.84. The van der Waals surface area contributed by atoms with E-state index >= 15 is 0 Å². The van der Waals surface area contributed by atoms with Gasteiger partial charge in [-0.2, -0.15) is 0 Å². The standard InChI is InChI=1S/C33H44O3/c1-31(2,3)25-16-10-13-21(28(25)34)19-23(24-15-12-18-27(30(24)36)33(7,8)9)20-22-14-11-17-26(29(22)35)32(4,5)6/h10-18,23,34-36H,19-20H2,1-9H3. The van der Waals surface area contributed by atoms with Gasteiger partial charge in [0.15, 0.2) is 0 Å². The molecule has 0 amide bonds. The van der Waals surface area contributed by atoms with E-state index in [1.165, 1.54) is 0 Å². The van der Waals surface area contributed by atoms with Crippen molar-refractivity contribution in [2.75, 3.05) is 0 Å². The summed E-state index contributed by atoms with van der Waals surface area (Å²) in [6.45, 7) is 18.9. The first kappa shape index (κ1) is 27.6. The Morgan fingerprint density at radius 1 is 0.500 bits per heavy atom. The van der Waals surface area contributed by atoms with Crippen molar-refractivity contribution in [2.24, 2.45) is 0 Å². The van der Waals surface area contributed by atoms with E-state index in [1.807, 2.05) is 54.6 Å². The monoisotopic (exact) mass is 488 g/mol. The highest BCUT2D eigenvalue weighted by molar-refractivity contribution is 5.51. The summed E-state index contributed by atoms with van der Waals surface area (Å²) in [5.74, 6) is 0.783. The van der Waals surface area contributed by atoms with Gasteiger partial charge in [0.1, 0.15) is 17.2 Å². The van der Waals surface area contributed by atoms with Gasteiger partial charge in [-0.15, -0.1) is 0 Å². The lowest BCUT2D eigenvalue weighted by Gasteiger charge is -2.27. The molecule has 0 spiro atoms. The number of rotatable bonds is 5. The number of hydrogen-bond donors (Lipinski definition) is 3. The van der Waals surface area contributed by atoms with Crippen LogP contribution in [0.2, 0.25) is 0 Å². The summed E-state index contributed by atoms with van der Waals surface area (Å²) in [5, 5.41) is 33.9. The Morgan fingerprint density at radius 2 is 0.833 bits per heavy atom. The molecule has 0 atom stereocenters. The Morgan fingerprint density at radius 3 is 1.19 bits per heavy atom. The van der Waals surface area contributed by atoms with Crippen LogP contribution in [0.5, 0.6) is 17.2 Å². The van der Waals surface area contributed by atoms with Crippen molar-refractivity contribution in [2.45, 2.75) is 97.3 Å². The first-order chi connectivity index (χ1) is 16.5. The molecule has 36 heavy (non-hydrogen) atoms. The Kier molecular flexibility index (Phi) is 7.56. The third-order valence-corrected chi connectivity index (χ3v) is 7.10. The van der Waals surface area contributed by atoms with Gasteiger partial charge in [-0.25, -0.2) is 0 Å². The fraction of sp³-hybridized carbons (Fsp3) is 0.455. The second-order valence-corrected chi connectivity index (χ2v) is 13.2. The van der Waals surface area contributed by atoms with Crippen molar-refractivity contribution in [1.29, 1.82) is 0 Å². The number of para-hydroxylation sites is 3. The number of phenolic OH excluding ortho intramolecular Hbond substituents is 3. The van der Waals surface area contributed by atoms with Crippen molar-refractivity contribution in [3.8, 4) is 17.2 Å². The normalized spacial score (nSPS) is 12.8. The van der Waals surface area contributed by atoms with Crippen molar-refractivity contribution < 1.29 is 15.3 Å². The van der Waals surface area contributed by atoms with E-state index in [0.29, 0.717) is 30.1 Å². The Bertz CT molecular complexity index is 1150. The molecular weight excluding hydrogens is 444 g/mol. The molecule has 3 N–H and O–H groups in total. The largest absolute Gasteiger partial charge is 0.507 e. The van der Waals surface area contributed by atoms with Crippen LogP contribution in [0.25, 0.3) is 0 Å². The quantitative estimate of drug-likeness (QED) is 0.339. The maximum absolute atomic E-state index is 11.4. The minimum Gasteiger partial charge on any atom is -0.507 e. The topological polar surface area (TPSA) is 60.7 Å².